The molecule has 0 atom stereocenters. The van der Waals surface area contributed by atoms with Crippen LogP contribution in [0, 0.1) is 0 Å². The van der Waals surface area contributed by atoms with Gasteiger partial charge >= 0.3 is 0 Å². The molecule has 1 aromatic heterocycles. The average Bonchev–Trinajstić information content (AvgIpc) is 2.57. The molecular weight excluding hydrogens is 236 g/mol. The number of nitrogens with two attached hydrogens (primary N) is 1. The Bertz CT molecular complexity index is 400. The fourth-order valence-electron chi connectivity index (χ4n) is 2.08. The second-order valence-corrected chi connectivity index (χ2v) is 5.77. The first-order valence-corrected chi connectivity index (χ1v) is 6.91. The van der Waals surface area contributed by atoms with Gasteiger partial charge in [-0.05, 0) is 19.1 Å². The SMILES string of the molecule is CSC1(CNC(=O)c2c(N)cnn2C)CCC1. The largest absolute Gasteiger partial charge is 0.396 e. The number of aryl methyl sites for hydroxylation is 1. The van der Waals surface area contributed by atoms with Crippen LogP contribution in [0.3, 0.4) is 0 Å². The summed E-state index contributed by atoms with van der Waals surface area (Å²) in [5.41, 5.74) is 6.58. The highest BCUT2D eigenvalue weighted by atomic mass is 32.2. The maximum atomic E-state index is 12.0. The molecule has 0 spiro atoms. The zero-order valence-electron chi connectivity index (χ0n) is 10.2. The third-order valence-corrected chi connectivity index (χ3v) is 4.87. The molecule has 1 heterocycles. The molecule has 0 unspecified atom stereocenters. The molecule has 1 aliphatic rings. The van der Waals surface area contributed by atoms with Crippen LogP contribution in [0.25, 0.3) is 0 Å². The van der Waals surface area contributed by atoms with E-state index in [9.17, 15) is 4.79 Å². The molecule has 0 aliphatic heterocycles. The van der Waals surface area contributed by atoms with E-state index in [4.69, 9.17) is 5.73 Å². The van der Waals surface area contributed by atoms with E-state index < -0.39 is 0 Å². The van der Waals surface area contributed by atoms with Gasteiger partial charge in [-0.25, -0.2) is 0 Å². The van der Waals surface area contributed by atoms with E-state index in [2.05, 4.69) is 16.7 Å². The van der Waals surface area contributed by atoms with Gasteiger partial charge in [0.1, 0.15) is 5.69 Å². The van der Waals surface area contributed by atoms with Gasteiger partial charge in [0.15, 0.2) is 0 Å². The van der Waals surface area contributed by atoms with Gasteiger partial charge in [0.05, 0.1) is 11.9 Å². The summed E-state index contributed by atoms with van der Waals surface area (Å²) in [5.74, 6) is -0.136. The Balaban J connectivity index is 1.98. The van der Waals surface area contributed by atoms with Gasteiger partial charge in [0.25, 0.3) is 5.91 Å². The normalized spacial score (nSPS) is 17.5. The van der Waals surface area contributed by atoms with Crippen molar-refractivity contribution in [3.63, 3.8) is 0 Å². The molecule has 1 aliphatic carbocycles. The van der Waals surface area contributed by atoms with Crippen LogP contribution in [-0.4, -0.2) is 33.2 Å². The van der Waals surface area contributed by atoms with E-state index in [-0.39, 0.29) is 10.7 Å². The fourth-order valence-corrected chi connectivity index (χ4v) is 3.00. The Hall–Kier alpha value is -1.17. The highest BCUT2D eigenvalue weighted by molar-refractivity contribution is 8.00. The van der Waals surface area contributed by atoms with Crippen molar-refractivity contribution in [2.45, 2.75) is 24.0 Å². The molecule has 0 saturated heterocycles. The standard InChI is InChI=1S/C11H18N4OS/c1-15-9(8(12)6-14-15)10(16)13-7-11(17-2)4-3-5-11/h6H,3-5,7,12H2,1-2H3,(H,13,16). The first kappa shape index (κ1) is 12.3. The van der Waals surface area contributed by atoms with E-state index in [1.807, 2.05) is 11.8 Å². The minimum absolute atomic E-state index is 0.136. The Morgan fingerprint density at radius 2 is 2.41 bits per heavy atom. The molecule has 2 rings (SSSR count). The number of amides is 1. The van der Waals surface area contributed by atoms with Crippen molar-refractivity contribution in [1.82, 2.24) is 15.1 Å². The van der Waals surface area contributed by atoms with Crippen LogP contribution in [0.15, 0.2) is 6.20 Å². The number of thioether (sulfide) groups is 1. The van der Waals surface area contributed by atoms with Gasteiger partial charge in [0, 0.05) is 18.3 Å². The number of nitrogens with zero attached hydrogens (tertiary/aromatic N) is 2. The highest BCUT2D eigenvalue weighted by Gasteiger charge is 2.36. The second kappa shape index (κ2) is 4.60. The maximum Gasteiger partial charge on any atom is 0.271 e. The van der Waals surface area contributed by atoms with Gasteiger partial charge in [0.2, 0.25) is 0 Å². The van der Waals surface area contributed by atoms with E-state index in [0.29, 0.717) is 17.9 Å². The van der Waals surface area contributed by atoms with Crippen molar-refractivity contribution in [3.8, 4) is 0 Å². The molecule has 1 fully saturated rings. The molecule has 1 amide bonds. The van der Waals surface area contributed by atoms with Crippen LogP contribution in [0.2, 0.25) is 0 Å². The predicted molar refractivity (Wildman–Crippen MR) is 70.1 cm³/mol. The zero-order chi connectivity index (χ0) is 12.5. The molecule has 0 radical (unpaired) electrons. The monoisotopic (exact) mass is 254 g/mol. The summed E-state index contributed by atoms with van der Waals surface area (Å²) in [6, 6.07) is 0. The quantitative estimate of drug-likeness (QED) is 0.841. The minimum Gasteiger partial charge on any atom is -0.396 e. The van der Waals surface area contributed by atoms with E-state index in [0.717, 1.165) is 0 Å². The van der Waals surface area contributed by atoms with Crippen molar-refractivity contribution in [2.24, 2.45) is 7.05 Å². The molecule has 3 N–H and O–H groups in total. The Labute approximate surface area is 105 Å². The molecule has 1 aromatic rings. The molecule has 17 heavy (non-hydrogen) atoms. The molecule has 1 saturated carbocycles. The molecule has 6 heteroatoms. The summed E-state index contributed by atoms with van der Waals surface area (Å²) in [6.07, 6.45) is 7.21. The first-order chi connectivity index (χ1) is 8.08. The van der Waals surface area contributed by atoms with Gasteiger partial charge in [-0.1, -0.05) is 6.42 Å². The van der Waals surface area contributed by atoms with E-state index >= 15 is 0 Å². The lowest BCUT2D eigenvalue weighted by atomic mass is 9.84. The second-order valence-electron chi connectivity index (χ2n) is 4.50. The van der Waals surface area contributed by atoms with Crippen LogP contribution in [0.4, 0.5) is 5.69 Å². The van der Waals surface area contributed by atoms with Gasteiger partial charge in [-0.15, -0.1) is 0 Å². The smallest absolute Gasteiger partial charge is 0.271 e. The van der Waals surface area contributed by atoms with Crippen molar-refractivity contribution < 1.29 is 4.79 Å². The summed E-state index contributed by atoms with van der Waals surface area (Å²) >= 11 is 1.84. The van der Waals surface area contributed by atoms with Crippen LogP contribution in [0.5, 0.6) is 0 Å². The van der Waals surface area contributed by atoms with Crippen molar-refractivity contribution in [1.29, 1.82) is 0 Å². The highest BCUT2D eigenvalue weighted by Crippen LogP contribution is 2.42. The molecule has 5 nitrogen and oxygen atoms in total. The number of carbonyl (C=O) groups is 1. The number of nitrogens with one attached hydrogen (secondary N) is 1. The number of rotatable bonds is 4. The Morgan fingerprint density at radius 3 is 2.82 bits per heavy atom. The zero-order valence-corrected chi connectivity index (χ0v) is 11.0. The third-order valence-electron chi connectivity index (χ3n) is 3.45. The summed E-state index contributed by atoms with van der Waals surface area (Å²) in [4.78, 5) is 12.0. The summed E-state index contributed by atoms with van der Waals surface area (Å²) in [5, 5.41) is 6.92. The lowest BCUT2D eigenvalue weighted by molar-refractivity contribution is 0.0935. The molecular formula is C11H18N4OS. The van der Waals surface area contributed by atoms with Gasteiger partial charge in [-0.3, -0.25) is 9.48 Å². The number of hydrogen-bond acceptors (Lipinski definition) is 4. The average molecular weight is 254 g/mol. The number of hydrogen-bond donors (Lipinski definition) is 2. The van der Waals surface area contributed by atoms with Gasteiger partial charge in [-0.2, -0.15) is 16.9 Å². The lowest BCUT2D eigenvalue weighted by Gasteiger charge is -2.40. The number of aromatic nitrogens is 2. The fraction of sp³-hybridized carbons (Fsp3) is 0.636. The lowest BCUT2D eigenvalue weighted by Crippen LogP contribution is -2.45. The van der Waals surface area contributed by atoms with E-state index in [1.54, 1.807) is 7.05 Å². The molecule has 0 aromatic carbocycles. The third kappa shape index (κ3) is 2.26. The first-order valence-electron chi connectivity index (χ1n) is 5.69. The summed E-state index contributed by atoms with van der Waals surface area (Å²) in [6.45, 7) is 0.706. The van der Waals surface area contributed by atoms with Gasteiger partial charge < -0.3 is 11.1 Å². The Morgan fingerprint density at radius 1 is 1.71 bits per heavy atom. The molecule has 0 bridgehead atoms. The van der Waals surface area contributed by atoms with Crippen LogP contribution in [-0.2, 0) is 7.05 Å². The predicted octanol–water partition coefficient (Wildman–Crippen LogP) is 1.02. The van der Waals surface area contributed by atoms with E-state index in [1.165, 1.54) is 30.1 Å². The van der Waals surface area contributed by atoms with Crippen molar-refractivity contribution in [3.05, 3.63) is 11.9 Å². The van der Waals surface area contributed by atoms with Crippen molar-refractivity contribution >= 4 is 23.4 Å². The minimum atomic E-state index is -0.136. The number of carbonyl (C=O) groups excluding carboxylic acids is 1. The summed E-state index contributed by atoms with van der Waals surface area (Å²) < 4.78 is 1.75. The summed E-state index contributed by atoms with van der Waals surface area (Å²) in [7, 11) is 1.72. The van der Waals surface area contributed by atoms with Crippen LogP contribution in [0.1, 0.15) is 29.8 Å². The van der Waals surface area contributed by atoms with Crippen molar-refractivity contribution in [2.75, 3.05) is 18.5 Å². The van der Waals surface area contributed by atoms with Crippen LogP contribution >= 0.6 is 11.8 Å². The molecule has 94 valence electrons. The number of nitrogen functional groups attached to an aromatic ring is 1. The topological polar surface area (TPSA) is 72.9 Å². The van der Waals surface area contributed by atoms with Crippen LogP contribution < -0.4 is 11.1 Å². The maximum absolute atomic E-state index is 12.0. The number of anilines is 1. The Kier molecular flexibility index (Phi) is 3.33.